The third-order valence-corrected chi connectivity index (χ3v) is 3.78. The van der Waals surface area contributed by atoms with Crippen LogP contribution in [0.25, 0.3) is 0 Å². The van der Waals surface area contributed by atoms with E-state index in [-0.39, 0.29) is 34.3 Å². The second-order valence-electron chi connectivity index (χ2n) is 4.88. The number of amides is 1. The lowest BCUT2D eigenvalue weighted by Gasteiger charge is -2.31. The van der Waals surface area contributed by atoms with Gasteiger partial charge in [-0.15, -0.1) is 0 Å². The molecule has 0 aliphatic carbocycles. The van der Waals surface area contributed by atoms with Crippen molar-refractivity contribution in [3.63, 3.8) is 0 Å². The molecule has 1 fully saturated rings. The molecule has 9 heteroatoms. The Morgan fingerprint density at radius 1 is 1.43 bits per heavy atom. The van der Waals surface area contributed by atoms with E-state index in [0.717, 1.165) is 0 Å². The number of carbonyl (C=O) groups is 1. The van der Waals surface area contributed by atoms with Crippen LogP contribution in [0, 0.1) is 23.0 Å². The van der Waals surface area contributed by atoms with Crippen LogP contribution in [0.2, 0.25) is 5.28 Å². The summed E-state index contributed by atoms with van der Waals surface area (Å²) in [5, 5.41) is 13.8. The van der Waals surface area contributed by atoms with Crippen molar-refractivity contribution in [1.82, 2.24) is 15.3 Å². The number of aryl methyl sites for hydroxylation is 1. The van der Waals surface area contributed by atoms with Gasteiger partial charge in [-0.05, 0) is 31.4 Å². The number of hydrogen-bond donors (Lipinski definition) is 1. The fourth-order valence-electron chi connectivity index (χ4n) is 2.51. The Morgan fingerprint density at radius 3 is 2.57 bits per heavy atom. The summed E-state index contributed by atoms with van der Waals surface area (Å²) in [6.07, 6.45) is 1.25. The quantitative estimate of drug-likeness (QED) is 0.513. The minimum Gasteiger partial charge on any atom is -0.359 e. The van der Waals surface area contributed by atoms with Crippen molar-refractivity contribution in [3.05, 3.63) is 21.1 Å². The summed E-state index contributed by atoms with van der Waals surface area (Å²) in [6.45, 7) is 2.57. The van der Waals surface area contributed by atoms with Gasteiger partial charge in [0.25, 0.3) is 0 Å². The van der Waals surface area contributed by atoms with Gasteiger partial charge in [-0.1, -0.05) is 0 Å². The molecule has 1 aliphatic heterocycles. The third-order valence-electron chi connectivity index (χ3n) is 3.61. The molecule has 21 heavy (non-hydrogen) atoms. The van der Waals surface area contributed by atoms with Gasteiger partial charge in [0, 0.05) is 26.1 Å². The molecule has 1 aliphatic rings. The molecule has 1 saturated heterocycles. The molecule has 1 aromatic rings. The van der Waals surface area contributed by atoms with E-state index in [2.05, 4.69) is 15.3 Å². The van der Waals surface area contributed by atoms with Crippen molar-refractivity contribution < 1.29 is 9.72 Å². The highest BCUT2D eigenvalue weighted by Crippen LogP contribution is 2.32. The second-order valence-corrected chi connectivity index (χ2v) is 5.22. The zero-order chi connectivity index (χ0) is 15.6. The predicted molar refractivity (Wildman–Crippen MR) is 77.4 cm³/mol. The predicted octanol–water partition coefficient (Wildman–Crippen LogP) is 1.31. The van der Waals surface area contributed by atoms with Crippen LogP contribution in [0.15, 0.2) is 0 Å². The maximum absolute atomic E-state index is 11.6. The number of rotatable bonds is 3. The van der Waals surface area contributed by atoms with Gasteiger partial charge in [0.1, 0.15) is 5.69 Å². The molecule has 0 radical (unpaired) electrons. The van der Waals surface area contributed by atoms with E-state index in [9.17, 15) is 14.9 Å². The minimum atomic E-state index is -0.494. The summed E-state index contributed by atoms with van der Waals surface area (Å²) in [5.74, 6) is 0.164. The summed E-state index contributed by atoms with van der Waals surface area (Å²) in [7, 11) is 1.60. The van der Waals surface area contributed by atoms with E-state index in [1.165, 1.54) is 6.92 Å². The maximum atomic E-state index is 11.6. The first-order valence-electron chi connectivity index (χ1n) is 6.59. The van der Waals surface area contributed by atoms with Crippen LogP contribution in [0.4, 0.5) is 11.5 Å². The number of nitrogens with one attached hydrogen (secondary N) is 1. The molecule has 0 aromatic carbocycles. The van der Waals surface area contributed by atoms with Gasteiger partial charge >= 0.3 is 5.69 Å². The molecule has 1 aromatic heterocycles. The SMILES string of the molecule is CNC(=O)C1CCN(c2nc(Cl)nc(C)c2[N+](=O)[O-])CC1. The molecule has 1 N–H and O–H groups in total. The van der Waals surface area contributed by atoms with Crippen molar-refractivity contribution in [2.75, 3.05) is 25.0 Å². The standard InChI is InChI=1S/C12H16ClN5O3/c1-7-9(18(20)21)10(16-12(13)15-7)17-5-3-8(4-6-17)11(19)14-2/h8H,3-6H2,1-2H3,(H,14,19). The molecule has 2 rings (SSSR count). The topological polar surface area (TPSA) is 101 Å². The Labute approximate surface area is 126 Å². The molecule has 0 bridgehead atoms. The molecular formula is C12H16ClN5O3. The molecule has 0 saturated carbocycles. The molecular weight excluding hydrogens is 298 g/mol. The molecule has 1 amide bonds. The molecule has 2 heterocycles. The first-order valence-corrected chi connectivity index (χ1v) is 6.97. The molecule has 0 unspecified atom stereocenters. The third kappa shape index (κ3) is 3.21. The molecule has 0 spiro atoms. The number of nitro groups is 1. The van der Waals surface area contributed by atoms with E-state index in [4.69, 9.17) is 11.6 Å². The van der Waals surface area contributed by atoms with Crippen LogP contribution in [0.1, 0.15) is 18.5 Å². The van der Waals surface area contributed by atoms with Gasteiger partial charge < -0.3 is 10.2 Å². The lowest BCUT2D eigenvalue weighted by atomic mass is 9.96. The van der Waals surface area contributed by atoms with Gasteiger partial charge in [-0.2, -0.15) is 4.98 Å². The average Bonchev–Trinajstić information content (AvgIpc) is 2.45. The summed E-state index contributed by atoms with van der Waals surface area (Å²) >= 11 is 5.81. The highest BCUT2D eigenvalue weighted by Gasteiger charge is 2.31. The average molecular weight is 314 g/mol. The lowest BCUT2D eigenvalue weighted by Crippen LogP contribution is -2.40. The lowest BCUT2D eigenvalue weighted by molar-refractivity contribution is -0.385. The Balaban J connectivity index is 2.24. The normalized spacial score (nSPS) is 15.9. The van der Waals surface area contributed by atoms with Gasteiger partial charge in [-0.3, -0.25) is 14.9 Å². The fraction of sp³-hybridized carbons (Fsp3) is 0.583. The number of nitrogens with zero attached hydrogens (tertiary/aromatic N) is 4. The Hall–Kier alpha value is -1.96. The zero-order valence-electron chi connectivity index (χ0n) is 11.8. The zero-order valence-corrected chi connectivity index (χ0v) is 12.6. The van der Waals surface area contributed by atoms with Crippen molar-refractivity contribution in [2.45, 2.75) is 19.8 Å². The second kappa shape index (κ2) is 6.21. The molecule has 0 atom stereocenters. The van der Waals surface area contributed by atoms with Crippen LogP contribution in [0.3, 0.4) is 0 Å². The van der Waals surface area contributed by atoms with Crippen LogP contribution in [-0.2, 0) is 4.79 Å². The van der Waals surface area contributed by atoms with E-state index in [0.29, 0.717) is 25.9 Å². The molecule has 8 nitrogen and oxygen atoms in total. The van der Waals surface area contributed by atoms with E-state index in [1.54, 1.807) is 11.9 Å². The first kappa shape index (κ1) is 15.4. The highest BCUT2D eigenvalue weighted by atomic mass is 35.5. The van der Waals surface area contributed by atoms with E-state index < -0.39 is 4.92 Å². The summed E-state index contributed by atoms with van der Waals surface area (Å²) < 4.78 is 0. The monoisotopic (exact) mass is 313 g/mol. The Bertz CT molecular complexity index is 572. The fourth-order valence-corrected chi connectivity index (χ4v) is 2.72. The van der Waals surface area contributed by atoms with Crippen LogP contribution >= 0.6 is 11.6 Å². The van der Waals surface area contributed by atoms with Gasteiger partial charge in [0.15, 0.2) is 0 Å². The summed E-state index contributed by atoms with van der Waals surface area (Å²) in [5.41, 5.74) is 0.112. The Kier molecular flexibility index (Phi) is 4.56. The molecule has 114 valence electrons. The van der Waals surface area contributed by atoms with E-state index in [1.807, 2.05) is 0 Å². The van der Waals surface area contributed by atoms with Gasteiger partial charge in [0.05, 0.1) is 4.92 Å². The first-order chi connectivity index (χ1) is 9.93. The minimum absolute atomic E-state index is 0.000972. The van der Waals surface area contributed by atoms with Crippen molar-refractivity contribution in [3.8, 4) is 0 Å². The number of anilines is 1. The van der Waals surface area contributed by atoms with Crippen molar-refractivity contribution >= 4 is 29.0 Å². The summed E-state index contributed by atoms with van der Waals surface area (Å²) in [6, 6.07) is 0. The van der Waals surface area contributed by atoms with Crippen LogP contribution in [0.5, 0.6) is 0 Å². The van der Waals surface area contributed by atoms with Crippen molar-refractivity contribution in [2.24, 2.45) is 5.92 Å². The van der Waals surface area contributed by atoms with Gasteiger partial charge in [-0.25, -0.2) is 4.98 Å². The number of hydrogen-bond acceptors (Lipinski definition) is 6. The largest absolute Gasteiger partial charge is 0.359 e. The summed E-state index contributed by atoms with van der Waals surface area (Å²) in [4.78, 5) is 31.9. The van der Waals surface area contributed by atoms with Crippen LogP contribution in [-0.4, -0.2) is 40.9 Å². The van der Waals surface area contributed by atoms with E-state index >= 15 is 0 Å². The highest BCUT2D eigenvalue weighted by molar-refractivity contribution is 6.28. The smallest absolute Gasteiger partial charge is 0.332 e. The number of halogens is 1. The number of piperidine rings is 1. The number of carbonyl (C=O) groups excluding carboxylic acids is 1. The van der Waals surface area contributed by atoms with Crippen molar-refractivity contribution in [1.29, 1.82) is 0 Å². The van der Waals surface area contributed by atoms with Gasteiger partial charge in [0.2, 0.25) is 17.0 Å². The Morgan fingerprint density at radius 2 is 2.05 bits per heavy atom. The van der Waals surface area contributed by atoms with Crippen LogP contribution < -0.4 is 10.2 Å². The maximum Gasteiger partial charge on any atom is 0.332 e. The number of aromatic nitrogens is 2.